The highest BCUT2D eigenvalue weighted by Gasteiger charge is 2.58. The van der Waals surface area contributed by atoms with E-state index in [2.05, 4.69) is 14.7 Å². The first kappa shape index (κ1) is 14.7. The number of anilines is 1. The van der Waals surface area contributed by atoms with Crippen LogP contribution in [0.2, 0.25) is 0 Å². The molecule has 0 aromatic carbocycles. The molecule has 1 amide bonds. The zero-order chi connectivity index (χ0) is 15.2. The van der Waals surface area contributed by atoms with Crippen LogP contribution in [0, 0.1) is 30.6 Å². The van der Waals surface area contributed by atoms with E-state index >= 15 is 0 Å². The van der Waals surface area contributed by atoms with E-state index in [9.17, 15) is 18.0 Å². The van der Waals surface area contributed by atoms with Crippen molar-refractivity contribution in [2.75, 3.05) is 5.32 Å². The average molecular weight is 319 g/mol. The van der Waals surface area contributed by atoms with Crippen molar-refractivity contribution in [3.05, 3.63) is 5.82 Å². The second-order valence-corrected chi connectivity index (χ2v) is 6.66. The predicted octanol–water partition coefficient (Wildman–Crippen LogP) is 3.40. The maximum absolute atomic E-state index is 13.3. The Bertz CT molecular complexity index is 537. The molecule has 0 spiro atoms. The molecule has 116 valence electrons. The third kappa shape index (κ3) is 2.77. The lowest BCUT2D eigenvalue weighted by Crippen LogP contribution is -2.51. The molecule has 3 fully saturated rings. The standard InChI is InChI=1S/C13H16F3N3OS/c1-6-17-12(21-19-6)18-11(20)9-7-2-4-8(5-3-7)10(9)13(14,15)16/h7-10H,2-5H2,1H3,(H,17,18,19,20)/t7?,8?,9-,10-/m0/s1. The number of hydrogen-bond donors (Lipinski definition) is 1. The number of carbonyl (C=O) groups excluding carboxylic acids is 1. The van der Waals surface area contributed by atoms with Crippen molar-refractivity contribution in [1.82, 2.24) is 9.36 Å². The molecule has 1 heterocycles. The average Bonchev–Trinajstić information content (AvgIpc) is 2.83. The van der Waals surface area contributed by atoms with Gasteiger partial charge in [-0.05, 0) is 44.4 Å². The van der Waals surface area contributed by atoms with Crippen LogP contribution >= 0.6 is 11.5 Å². The van der Waals surface area contributed by atoms with Crippen molar-refractivity contribution in [3.8, 4) is 0 Å². The molecule has 0 unspecified atom stereocenters. The minimum Gasteiger partial charge on any atom is -0.300 e. The molecule has 3 aliphatic rings. The highest BCUT2D eigenvalue weighted by molar-refractivity contribution is 7.09. The maximum Gasteiger partial charge on any atom is 0.392 e. The highest BCUT2D eigenvalue weighted by atomic mass is 32.1. The van der Waals surface area contributed by atoms with Gasteiger partial charge in [0.25, 0.3) is 0 Å². The molecule has 1 aromatic rings. The van der Waals surface area contributed by atoms with Crippen LogP contribution in [0.5, 0.6) is 0 Å². The van der Waals surface area contributed by atoms with E-state index in [0.29, 0.717) is 31.5 Å². The highest BCUT2D eigenvalue weighted by Crippen LogP contribution is 2.54. The number of alkyl halides is 3. The summed E-state index contributed by atoms with van der Waals surface area (Å²) in [5, 5.41) is 2.80. The number of fused-ring (bicyclic) bond motifs is 3. The topological polar surface area (TPSA) is 54.9 Å². The molecule has 2 bridgehead atoms. The number of rotatable bonds is 2. The van der Waals surface area contributed by atoms with Crippen LogP contribution in [0.3, 0.4) is 0 Å². The van der Waals surface area contributed by atoms with Crippen molar-refractivity contribution in [2.45, 2.75) is 38.8 Å². The summed E-state index contributed by atoms with van der Waals surface area (Å²) in [4.78, 5) is 16.3. The van der Waals surface area contributed by atoms with Gasteiger partial charge >= 0.3 is 6.18 Å². The van der Waals surface area contributed by atoms with Crippen molar-refractivity contribution in [3.63, 3.8) is 0 Å². The Kier molecular flexibility index (Phi) is 3.67. The Labute approximate surface area is 124 Å². The van der Waals surface area contributed by atoms with E-state index in [1.165, 1.54) is 0 Å². The van der Waals surface area contributed by atoms with Gasteiger partial charge in [-0.15, -0.1) is 0 Å². The number of aryl methyl sites for hydroxylation is 1. The zero-order valence-corrected chi connectivity index (χ0v) is 12.3. The normalized spacial score (nSPS) is 32.2. The third-order valence-electron chi connectivity index (χ3n) is 4.66. The molecule has 0 saturated heterocycles. The first-order chi connectivity index (χ1) is 9.86. The Morgan fingerprint density at radius 3 is 2.38 bits per heavy atom. The Morgan fingerprint density at radius 1 is 1.24 bits per heavy atom. The third-order valence-corrected chi connectivity index (χ3v) is 5.38. The summed E-state index contributed by atoms with van der Waals surface area (Å²) in [6, 6.07) is 0. The first-order valence-corrected chi connectivity index (χ1v) is 7.81. The molecule has 0 radical (unpaired) electrons. The number of hydrogen-bond acceptors (Lipinski definition) is 4. The molecular formula is C13H16F3N3OS. The number of aromatic nitrogens is 2. The number of nitrogens with one attached hydrogen (secondary N) is 1. The molecule has 4 nitrogen and oxygen atoms in total. The smallest absolute Gasteiger partial charge is 0.300 e. The second kappa shape index (κ2) is 5.23. The van der Waals surface area contributed by atoms with Crippen LogP contribution in [0.4, 0.5) is 18.3 Å². The van der Waals surface area contributed by atoms with E-state index in [1.54, 1.807) is 6.92 Å². The molecule has 1 N–H and O–H groups in total. The van der Waals surface area contributed by atoms with Crippen LogP contribution in [0.1, 0.15) is 31.5 Å². The Hall–Kier alpha value is -1.18. The maximum atomic E-state index is 13.3. The minimum absolute atomic E-state index is 0.171. The van der Waals surface area contributed by atoms with Gasteiger partial charge in [0.05, 0.1) is 11.8 Å². The zero-order valence-electron chi connectivity index (χ0n) is 11.5. The number of halogens is 3. The van der Waals surface area contributed by atoms with Crippen LogP contribution in [-0.4, -0.2) is 21.4 Å². The molecule has 0 aliphatic heterocycles. The molecule has 8 heteroatoms. The summed E-state index contributed by atoms with van der Waals surface area (Å²) in [6.45, 7) is 1.67. The summed E-state index contributed by atoms with van der Waals surface area (Å²) in [5.41, 5.74) is 0. The van der Waals surface area contributed by atoms with E-state index in [1.807, 2.05) is 0 Å². The van der Waals surface area contributed by atoms with Crippen LogP contribution in [0.25, 0.3) is 0 Å². The molecule has 4 rings (SSSR count). The lowest BCUT2D eigenvalue weighted by molar-refractivity contribution is -0.227. The molecule has 21 heavy (non-hydrogen) atoms. The molecule has 1 aromatic heterocycles. The van der Waals surface area contributed by atoms with E-state index in [4.69, 9.17) is 0 Å². The van der Waals surface area contributed by atoms with Crippen molar-refractivity contribution in [2.24, 2.45) is 23.7 Å². The quantitative estimate of drug-likeness (QED) is 0.909. The fourth-order valence-corrected chi connectivity index (χ4v) is 4.41. The van der Waals surface area contributed by atoms with Crippen molar-refractivity contribution < 1.29 is 18.0 Å². The van der Waals surface area contributed by atoms with Crippen LogP contribution in [-0.2, 0) is 4.79 Å². The van der Waals surface area contributed by atoms with Gasteiger partial charge in [0.1, 0.15) is 5.82 Å². The van der Waals surface area contributed by atoms with Gasteiger partial charge in [0.15, 0.2) is 0 Å². The summed E-state index contributed by atoms with van der Waals surface area (Å²) in [6.07, 6.45) is -1.73. The van der Waals surface area contributed by atoms with Gasteiger partial charge in [-0.25, -0.2) is 4.98 Å². The molecule has 3 aliphatic carbocycles. The summed E-state index contributed by atoms with van der Waals surface area (Å²) >= 11 is 0.996. The Morgan fingerprint density at radius 2 is 1.86 bits per heavy atom. The van der Waals surface area contributed by atoms with E-state index < -0.39 is 29.8 Å². The van der Waals surface area contributed by atoms with Crippen molar-refractivity contribution in [1.29, 1.82) is 0 Å². The minimum atomic E-state index is -4.32. The number of nitrogens with zero attached hydrogens (tertiary/aromatic N) is 2. The van der Waals surface area contributed by atoms with E-state index in [-0.39, 0.29) is 11.0 Å². The monoisotopic (exact) mass is 319 g/mol. The van der Waals surface area contributed by atoms with Gasteiger partial charge in [-0.1, -0.05) is 0 Å². The summed E-state index contributed by atoms with van der Waals surface area (Å²) in [5.74, 6) is -3.13. The van der Waals surface area contributed by atoms with Gasteiger partial charge in [0, 0.05) is 11.5 Å². The number of carbonyl (C=O) groups is 1. The molecular weight excluding hydrogens is 303 g/mol. The van der Waals surface area contributed by atoms with Gasteiger partial charge in [0.2, 0.25) is 11.0 Å². The van der Waals surface area contributed by atoms with E-state index in [0.717, 1.165) is 11.5 Å². The lowest BCUT2D eigenvalue weighted by atomic mass is 9.58. The van der Waals surface area contributed by atoms with Crippen LogP contribution in [0.15, 0.2) is 0 Å². The summed E-state index contributed by atoms with van der Waals surface area (Å²) in [7, 11) is 0. The van der Waals surface area contributed by atoms with Crippen LogP contribution < -0.4 is 5.32 Å². The predicted molar refractivity (Wildman–Crippen MR) is 71.8 cm³/mol. The number of amides is 1. The first-order valence-electron chi connectivity index (χ1n) is 7.04. The summed E-state index contributed by atoms with van der Waals surface area (Å²) < 4.78 is 44.0. The lowest BCUT2D eigenvalue weighted by Gasteiger charge is -2.48. The fourth-order valence-electron chi connectivity index (χ4n) is 3.83. The molecule has 3 saturated carbocycles. The largest absolute Gasteiger partial charge is 0.392 e. The van der Waals surface area contributed by atoms with Gasteiger partial charge < -0.3 is 5.32 Å². The molecule has 2 atom stereocenters. The van der Waals surface area contributed by atoms with Gasteiger partial charge in [-0.2, -0.15) is 17.5 Å². The SMILES string of the molecule is Cc1nsc(NC(=O)[C@H]2C3CCC(CC3)[C@@H]2C(F)(F)F)n1. The van der Waals surface area contributed by atoms with Crippen molar-refractivity contribution >= 4 is 22.6 Å². The second-order valence-electron chi connectivity index (χ2n) is 5.90. The van der Waals surface area contributed by atoms with Gasteiger partial charge in [-0.3, -0.25) is 4.79 Å². The fraction of sp³-hybridized carbons (Fsp3) is 0.769. The Balaban J connectivity index is 1.82.